The average molecular weight is 275 g/mol. The Labute approximate surface area is 114 Å². The SMILES string of the molecule is CC.CN.Cc1cccc(CN=CN)c1.OSO. The fourth-order valence-electron chi connectivity index (χ4n) is 0.969. The summed E-state index contributed by atoms with van der Waals surface area (Å²) < 4.78 is 14.1. The molecule has 0 atom stereocenters. The molecule has 0 aliphatic rings. The van der Waals surface area contributed by atoms with Crippen LogP contribution in [0.5, 0.6) is 0 Å². The molecule has 6 heteroatoms. The summed E-state index contributed by atoms with van der Waals surface area (Å²) in [5.41, 5.74) is 12.1. The van der Waals surface area contributed by atoms with Crippen molar-refractivity contribution in [1.82, 2.24) is 0 Å². The maximum Gasteiger partial charge on any atom is 0.152 e. The van der Waals surface area contributed by atoms with Crippen molar-refractivity contribution in [3.63, 3.8) is 0 Å². The lowest BCUT2D eigenvalue weighted by Gasteiger charge is -1.96. The molecule has 0 bridgehead atoms. The molecule has 0 radical (unpaired) electrons. The molecule has 6 N–H and O–H groups in total. The Kier molecular flexibility index (Phi) is 26.1. The van der Waals surface area contributed by atoms with Crippen molar-refractivity contribution < 1.29 is 9.11 Å². The molecule has 0 fully saturated rings. The van der Waals surface area contributed by atoms with Crippen LogP contribution in [0.15, 0.2) is 29.3 Å². The molecule has 1 aromatic carbocycles. The molecule has 0 aromatic heterocycles. The van der Waals surface area contributed by atoms with E-state index in [2.05, 4.69) is 29.8 Å². The zero-order valence-corrected chi connectivity index (χ0v) is 12.3. The fourth-order valence-corrected chi connectivity index (χ4v) is 0.969. The van der Waals surface area contributed by atoms with E-state index >= 15 is 0 Å². The van der Waals surface area contributed by atoms with Gasteiger partial charge in [-0.05, 0) is 19.5 Å². The Bertz CT molecular complexity index is 284. The lowest BCUT2D eigenvalue weighted by Crippen LogP contribution is -1.90. The first-order valence-corrected chi connectivity index (χ1v) is 6.26. The highest BCUT2D eigenvalue weighted by atomic mass is 32.2. The van der Waals surface area contributed by atoms with Gasteiger partial charge in [0.2, 0.25) is 0 Å². The minimum Gasteiger partial charge on any atom is -0.390 e. The first-order valence-electron chi connectivity index (χ1n) is 5.53. The third-order valence-corrected chi connectivity index (χ3v) is 1.46. The van der Waals surface area contributed by atoms with Gasteiger partial charge in [0, 0.05) is 0 Å². The molecule has 18 heavy (non-hydrogen) atoms. The Hall–Kier alpha value is -1.08. The molecule has 1 aromatic rings. The van der Waals surface area contributed by atoms with Gasteiger partial charge in [-0.15, -0.1) is 0 Å². The number of nitrogens with two attached hydrogens (primary N) is 2. The van der Waals surface area contributed by atoms with E-state index in [9.17, 15) is 0 Å². The zero-order valence-electron chi connectivity index (χ0n) is 11.5. The molecule has 0 heterocycles. The highest BCUT2D eigenvalue weighted by molar-refractivity contribution is 7.87. The molecule has 1 rings (SSSR count). The summed E-state index contributed by atoms with van der Waals surface area (Å²) in [7, 11) is 1.50. The summed E-state index contributed by atoms with van der Waals surface area (Å²) in [6.07, 6.45) is 1.34. The summed E-state index contributed by atoms with van der Waals surface area (Å²) >= 11 is -0.250. The van der Waals surface area contributed by atoms with E-state index in [0.717, 1.165) is 0 Å². The standard InChI is InChI=1S/C9H12N2.C2H6.CH5N.H2O2S/c1-8-3-2-4-9(5-8)6-11-7-10;2*1-2;1-3-2/h2-5,7H,6H2,1H3,(H2,10,11);1-2H3;2H2,1H3;1-2H. The zero-order chi connectivity index (χ0) is 14.8. The minimum atomic E-state index is -0.250. The smallest absolute Gasteiger partial charge is 0.152 e. The second-order valence-electron chi connectivity index (χ2n) is 2.56. The first kappa shape index (κ1) is 22.1. The predicted octanol–water partition coefficient (Wildman–Crippen LogP) is 2.75. The van der Waals surface area contributed by atoms with Crippen LogP contribution in [0.1, 0.15) is 25.0 Å². The van der Waals surface area contributed by atoms with E-state index in [-0.39, 0.29) is 12.3 Å². The van der Waals surface area contributed by atoms with Gasteiger partial charge in [0.25, 0.3) is 0 Å². The van der Waals surface area contributed by atoms with Gasteiger partial charge < -0.3 is 20.6 Å². The molecule has 0 spiro atoms. The summed E-state index contributed by atoms with van der Waals surface area (Å²) in [5, 5.41) is 0. The van der Waals surface area contributed by atoms with Gasteiger partial charge in [-0.2, -0.15) is 0 Å². The molecule has 0 saturated heterocycles. The van der Waals surface area contributed by atoms with Crippen LogP contribution in [0.4, 0.5) is 0 Å². The number of hydrogen-bond acceptors (Lipinski definition) is 5. The van der Waals surface area contributed by atoms with E-state index in [1.54, 1.807) is 0 Å². The van der Waals surface area contributed by atoms with Gasteiger partial charge in [0.1, 0.15) is 0 Å². The van der Waals surface area contributed by atoms with Crippen LogP contribution in [0.25, 0.3) is 0 Å². The van der Waals surface area contributed by atoms with Crippen LogP contribution in [0.3, 0.4) is 0 Å². The highest BCUT2D eigenvalue weighted by Crippen LogP contribution is 2.04. The quantitative estimate of drug-likeness (QED) is 0.377. The van der Waals surface area contributed by atoms with Crippen molar-refractivity contribution in [3.05, 3.63) is 35.4 Å². The minimum absolute atomic E-state index is 0.250. The molecule has 106 valence electrons. The van der Waals surface area contributed by atoms with Gasteiger partial charge in [0.05, 0.1) is 12.9 Å². The number of rotatable bonds is 2. The van der Waals surface area contributed by atoms with Crippen LogP contribution in [0, 0.1) is 6.92 Å². The van der Waals surface area contributed by atoms with Crippen molar-refractivity contribution in [2.75, 3.05) is 7.05 Å². The van der Waals surface area contributed by atoms with Crippen LogP contribution >= 0.6 is 12.3 Å². The van der Waals surface area contributed by atoms with E-state index < -0.39 is 0 Å². The second-order valence-corrected chi connectivity index (χ2v) is 2.72. The number of aliphatic imine (C=N–C) groups is 1. The van der Waals surface area contributed by atoms with E-state index in [0.29, 0.717) is 6.54 Å². The third kappa shape index (κ3) is 17.3. The number of hydrogen-bond donors (Lipinski definition) is 4. The topological polar surface area (TPSA) is 105 Å². The molecular weight excluding hydrogens is 250 g/mol. The molecule has 0 saturated carbocycles. The van der Waals surface area contributed by atoms with Gasteiger partial charge >= 0.3 is 0 Å². The lowest BCUT2D eigenvalue weighted by molar-refractivity contribution is 0.541. The number of aryl methyl sites for hydroxylation is 1. The maximum atomic E-state index is 7.04. The van der Waals surface area contributed by atoms with Gasteiger partial charge in [-0.25, -0.2) is 0 Å². The lowest BCUT2D eigenvalue weighted by atomic mass is 10.1. The van der Waals surface area contributed by atoms with Gasteiger partial charge in [0.15, 0.2) is 12.3 Å². The normalized spacial score (nSPS) is 8.17. The monoisotopic (exact) mass is 275 g/mol. The fraction of sp³-hybridized carbons (Fsp3) is 0.417. The van der Waals surface area contributed by atoms with Gasteiger partial charge in [-0.1, -0.05) is 43.7 Å². The Morgan fingerprint density at radius 2 is 1.78 bits per heavy atom. The van der Waals surface area contributed by atoms with Crippen molar-refractivity contribution in [2.24, 2.45) is 16.5 Å². The van der Waals surface area contributed by atoms with Crippen molar-refractivity contribution >= 4 is 18.7 Å². The molecule has 5 nitrogen and oxygen atoms in total. The summed E-state index contributed by atoms with van der Waals surface area (Å²) in [4.78, 5) is 3.94. The van der Waals surface area contributed by atoms with Gasteiger partial charge in [-0.3, -0.25) is 4.99 Å². The summed E-state index contributed by atoms with van der Waals surface area (Å²) in [6, 6.07) is 8.24. The highest BCUT2D eigenvalue weighted by Gasteiger charge is 1.88. The average Bonchev–Trinajstić information content (AvgIpc) is 2.42. The van der Waals surface area contributed by atoms with Crippen LogP contribution in [0.2, 0.25) is 0 Å². The maximum absolute atomic E-state index is 7.04. The number of benzene rings is 1. The molecule has 0 amide bonds. The predicted molar refractivity (Wildman–Crippen MR) is 81.9 cm³/mol. The van der Waals surface area contributed by atoms with E-state index in [1.165, 1.54) is 24.5 Å². The summed E-state index contributed by atoms with van der Waals surface area (Å²) in [5.74, 6) is 0. The van der Waals surface area contributed by atoms with E-state index in [1.807, 2.05) is 26.0 Å². The molecule has 0 aliphatic heterocycles. The van der Waals surface area contributed by atoms with Crippen LogP contribution < -0.4 is 11.5 Å². The summed E-state index contributed by atoms with van der Waals surface area (Å²) in [6.45, 7) is 6.74. The molecular formula is C12H25N3O2S. The Morgan fingerprint density at radius 1 is 1.28 bits per heavy atom. The Morgan fingerprint density at radius 3 is 2.17 bits per heavy atom. The molecule has 0 aliphatic carbocycles. The van der Waals surface area contributed by atoms with Crippen LogP contribution in [-0.4, -0.2) is 22.5 Å². The van der Waals surface area contributed by atoms with Crippen LogP contribution in [-0.2, 0) is 6.54 Å². The number of nitrogens with zero attached hydrogens (tertiary/aromatic N) is 1. The van der Waals surface area contributed by atoms with E-state index in [4.69, 9.17) is 14.8 Å². The van der Waals surface area contributed by atoms with Crippen molar-refractivity contribution in [3.8, 4) is 0 Å². The molecule has 0 unspecified atom stereocenters. The van der Waals surface area contributed by atoms with Crippen molar-refractivity contribution in [2.45, 2.75) is 27.3 Å². The Balaban J connectivity index is -0.000000274. The van der Waals surface area contributed by atoms with Crippen molar-refractivity contribution in [1.29, 1.82) is 0 Å². The largest absolute Gasteiger partial charge is 0.390 e. The third-order valence-electron chi connectivity index (χ3n) is 1.46. The first-order chi connectivity index (χ1) is 8.74. The second kappa shape index (κ2) is 21.2.